The average molecular weight is 625 g/mol. The zero-order valence-electron chi connectivity index (χ0n) is 27.4. The van der Waals surface area contributed by atoms with Crippen LogP contribution in [0.2, 0.25) is 0 Å². The van der Waals surface area contributed by atoms with E-state index in [0.29, 0.717) is 0 Å². The first-order chi connectivity index (χ1) is 19.1. The van der Waals surface area contributed by atoms with Crippen molar-refractivity contribution in [2.24, 2.45) is 5.41 Å². The van der Waals surface area contributed by atoms with Gasteiger partial charge in [-0.3, -0.25) is 0 Å². The van der Waals surface area contributed by atoms with Crippen LogP contribution >= 0.6 is 11.8 Å². The minimum atomic E-state index is -2.10. The smallest absolute Gasteiger partial charge is 0.142 e. The molecular formula is C31H60O10S. The third kappa shape index (κ3) is 6.19. The van der Waals surface area contributed by atoms with E-state index in [2.05, 4.69) is 6.92 Å². The molecule has 2 saturated heterocycles. The summed E-state index contributed by atoms with van der Waals surface area (Å²) >= 11 is 1.43. The first-order valence-corrected chi connectivity index (χ1v) is 16.5. The molecule has 0 aliphatic carbocycles. The molecule has 0 radical (unpaired) electrons. The van der Waals surface area contributed by atoms with Crippen molar-refractivity contribution in [1.29, 1.82) is 0 Å². The highest BCUT2D eigenvalue weighted by Crippen LogP contribution is 2.57. The van der Waals surface area contributed by atoms with Gasteiger partial charge in [-0.15, -0.1) is 11.8 Å². The summed E-state index contributed by atoms with van der Waals surface area (Å²) in [5.41, 5.74) is -12.6. The van der Waals surface area contributed by atoms with E-state index in [1.165, 1.54) is 79.0 Å². The van der Waals surface area contributed by atoms with E-state index in [-0.39, 0.29) is 13.2 Å². The van der Waals surface area contributed by atoms with Crippen LogP contribution in [-0.2, 0) is 14.2 Å². The van der Waals surface area contributed by atoms with Crippen LogP contribution in [0.25, 0.3) is 0 Å². The second-order valence-electron chi connectivity index (χ2n) is 14.1. The summed E-state index contributed by atoms with van der Waals surface area (Å²) in [7, 11) is 0. The van der Waals surface area contributed by atoms with Gasteiger partial charge in [0.2, 0.25) is 0 Å². The standard InChI is InChI=1S/C31H60O10S/c1-10-11-12-13-14-15-16-17-42-31(9)30(8,38)27(5,35)24(2,22(18-32)41-31)20-39-21-25(3)28(6,36)29(7,37)26(4,34)23(19-33)40-25/h22-23,32-38H,10-21H2,1-9H3/t22?,23?,24-,25-,26-,27-,28?,29-,30?,31+/m1/s1. The summed E-state index contributed by atoms with van der Waals surface area (Å²) in [6, 6.07) is 0. The molecule has 0 saturated carbocycles. The van der Waals surface area contributed by atoms with Crippen molar-refractivity contribution in [2.75, 3.05) is 32.2 Å². The fourth-order valence-corrected chi connectivity index (χ4v) is 7.91. The monoisotopic (exact) mass is 624 g/mol. The van der Waals surface area contributed by atoms with Crippen molar-refractivity contribution in [2.45, 2.75) is 158 Å². The van der Waals surface area contributed by atoms with Crippen molar-refractivity contribution in [3.63, 3.8) is 0 Å². The Hall–Kier alpha value is -0.0500. The van der Waals surface area contributed by atoms with Gasteiger partial charge in [0.15, 0.2) is 0 Å². The molecule has 4 unspecified atom stereocenters. The second-order valence-corrected chi connectivity index (χ2v) is 15.5. The molecule has 0 aromatic rings. The average Bonchev–Trinajstić information content (AvgIpc) is 2.89. The lowest BCUT2D eigenvalue weighted by atomic mass is 9.59. The Morgan fingerprint density at radius 3 is 1.67 bits per heavy atom. The van der Waals surface area contributed by atoms with Crippen LogP contribution < -0.4 is 0 Å². The molecule has 2 aliphatic rings. The highest BCUT2D eigenvalue weighted by Gasteiger charge is 2.72. The van der Waals surface area contributed by atoms with Crippen molar-refractivity contribution in [1.82, 2.24) is 0 Å². The number of aliphatic hydroxyl groups is 7. The maximum Gasteiger partial charge on any atom is 0.142 e. The van der Waals surface area contributed by atoms with Crippen molar-refractivity contribution in [3.8, 4) is 0 Å². The molecule has 0 aromatic heterocycles. The van der Waals surface area contributed by atoms with Crippen LogP contribution in [0.4, 0.5) is 0 Å². The fraction of sp³-hybridized carbons (Fsp3) is 1.00. The van der Waals surface area contributed by atoms with E-state index in [0.717, 1.165) is 25.0 Å². The van der Waals surface area contributed by atoms with Gasteiger partial charge in [-0.25, -0.2) is 0 Å². The molecule has 42 heavy (non-hydrogen) atoms. The zero-order valence-corrected chi connectivity index (χ0v) is 28.2. The normalized spacial score (nSPS) is 48.0. The van der Waals surface area contributed by atoms with Gasteiger partial charge in [-0.1, -0.05) is 52.4 Å². The largest absolute Gasteiger partial charge is 0.394 e. The predicted octanol–water partition coefficient (Wildman–Crippen LogP) is 2.51. The van der Waals surface area contributed by atoms with E-state index in [4.69, 9.17) is 14.2 Å². The fourth-order valence-electron chi connectivity index (χ4n) is 6.51. The summed E-state index contributed by atoms with van der Waals surface area (Å²) in [4.78, 5) is -1.22. The molecule has 2 aliphatic heterocycles. The lowest BCUT2D eigenvalue weighted by molar-refractivity contribution is -0.382. The van der Waals surface area contributed by atoms with Gasteiger partial charge in [0.1, 0.15) is 44.6 Å². The van der Waals surface area contributed by atoms with Gasteiger partial charge < -0.3 is 50.0 Å². The topological polar surface area (TPSA) is 169 Å². The molecular weight excluding hydrogens is 564 g/mol. The summed E-state index contributed by atoms with van der Waals surface area (Å²) in [6.45, 7) is 12.5. The lowest BCUT2D eigenvalue weighted by Crippen LogP contribution is -2.82. The molecule has 10 nitrogen and oxygen atoms in total. The number of unbranched alkanes of at least 4 members (excludes halogenated alkanes) is 6. The third-order valence-corrected chi connectivity index (χ3v) is 12.8. The van der Waals surface area contributed by atoms with Crippen molar-refractivity contribution in [3.05, 3.63) is 0 Å². The van der Waals surface area contributed by atoms with Gasteiger partial charge in [-0.05, 0) is 60.6 Å². The number of hydrogen-bond donors (Lipinski definition) is 7. The van der Waals surface area contributed by atoms with E-state index in [9.17, 15) is 35.7 Å². The Morgan fingerprint density at radius 1 is 0.619 bits per heavy atom. The number of thioether (sulfide) groups is 1. The molecule has 2 rings (SSSR count). The van der Waals surface area contributed by atoms with Crippen LogP contribution in [0.3, 0.4) is 0 Å². The van der Waals surface area contributed by atoms with Crippen LogP contribution in [0.5, 0.6) is 0 Å². The van der Waals surface area contributed by atoms with Crippen molar-refractivity contribution < 1.29 is 50.0 Å². The highest BCUT2D eigenvalue weighted by molar-refractivity contribution is 8.00. The Kier molecular flexibility index (Phi) is 12.1. The SMILES string of the molecule is CCCCCCCCCS[C@]1(C)OC(CO)[C@@](C)(COC[C@@]2(C)OC(CO)[C@@](C)(O)[C@@](C)(O)C2(C)O)[C@@](C)(O)C1(C)O. The molecule has 10 atom stereocenters. The molecule has 0 amide bonds. The van der Waals surface area contributed by atoms with Gasteiger partial charge in [0.05, 0.1) is 37.9 Å². The number of ether oxygens (including phenoxy) is 3. The predicted molar refractivity (Wildman–Crippen MR) is 163 cm³/mol. The number of hydrogen-bond acceptors (Lipinski definition) is 11. The van der Waals surface area contributed by atoms with Crippen LogP contribution in [0, 0.1) is 5.41 Å². The Labute approximate surface area is 257 Å². The quantitative estimate of drug-likeness (QED) is 0.134. The zero-order chi connectivity index (χ0) is 32.5. The van der Waals surface area contributed by atoms with E-state index in [1.807, 2.05) is 0 Å². The second kappa shape index (κ2) is 13.4. The van der Waals surface area contributed by atoms with Gasteiger partial charge in [0.25, 0.3) is 0 Å². The van der Waals surface area contributed by atoms with E-state index < -0.39 is 69.4 Å². The summed E-state index contributed by atoms with van der Waals surface area (Å²) < 4.78 is 18.4. The van der Waals surface area contributed by atoms with Crippen LogP contribution in [0.15, 0.2) is 0 Å². The van der Waals surface area contributed by atoms with Crippen LogP contribution in [0.1, 0.15) is 107 Å². The third-order valence-electron chi connectivity index (χ3n) is 11.3. The van der Waals surface area contributed by atoms with Crippen molar-refractivity contribution >= 4 is 11.8 Å². The van der Waals surface area contributed by atoms with Gasteiger partial charge >= 0.3 is 0 Å². The molecule has 0 aromatic carbocycles. The molecule has 11 heteroatoms. The number of rotatable bonds is 15. The molecule has 2 fully saturated rings. The molecule has 250 valence electrons. The minimum Gasteiger partial charge on any atom is -0.394 e. The maximum atomic E-state index is 12.0. The molecule has 0 bridgehead atoms. The molecule has 2 heterocycles. The molecule has 0 spiro atoms. The Morgan fingerprint density at radius 2 is 1.14 bits per heavy atom. The Balaban J connectivity index is 2.19. The number of aliphatic hydroxyl groups excluding tert-OH is 2. The molecule has 7 N–H and O–H groups in total. The summed E-state index contributed by atoms with van der Waals surface area (Å²) in [5.74, 6) is 0.725. The van der Waals surface area contributed by atoms with Gasteiger partial charge in [-0.2, -0.15) is 0 Å². The summed E-state index contributed by atoms with van der Waals surface area (Å²) in [6.07, 6.45) is 5.95. The van der Waals surface area contributed by atoms with Crippen LogP contribution in [-0.4, -0.2) is 119 Å². The van der Waals surface area contributed by atoms with Gasteiger partial charge in [0, 0.05) is 0 Å². The maximum absolute atomic E-state index is 12.0. The van der Waals surface area contributed by atoms with E-state index >= 15 is 0 Å². The first kappa shape index (κ1) is 38.1. The lowest BCUT2D eigenvalue weighted by Gasteiger charge is -2.64. The first-order valence-electron chi connectivity index (χ1n) is 15.5. The van der Waals surface area contributed by atoms with E-state index in [1.54, 1.807) is 13.8 Å². The summed E-state index contributed by atoms with van der Waals surface area (Å²) in [5, 5.41) is 77.8. The highest BCUT2D eigenvalue weighted by atomic mass is 32.2. The Bertz CT molecular complexity index is 878. The minimum absolute atomic E-state index is 0.211.